The van der Waals surface area contributed by atoms with E-state index in [1.54, 1.807) is 18.2 Å². The summed E-state index contributed by atoms with van der Waals surface area (Å²) in [5.74, 6) is -0.292. The predicted octanol–water partition coefficient (Wildman–Crippen LogP) is 6.02. The maximum Gasteiger partial charge on any atom is 0.257 e. The molecule has 1 N–H and O–H groups in total. The van der Waals surface area contributed by atoms with Gasteiger partial charge >= 0.3 is 0 Å². The van der Waals surface area contributed by atoms with Gasteiger partial charge in [-0.1, -0.05) is 54.7 Å². The van der Waals surface area contributed by atoms with Crippen molar-refractivity contribution < 1.29 is 4.79 Å². The zero-order valence-corrected chi connectivity index (χ0v) is 14.6. The van der Waals surface area contributed by atoms with Gasteiger partial charge in [0.2, 0.25) is 0 Å². The first kappa shape index (κ1) is 17.1. The van der Waals surface area contributed by atoms with Crippen LogP contribution in [0.4, 0.5) is 5.69 Å². The average Bonchev–Trinajstić information content (AvgIpc) is 2.50. The number of halogens is 3. The molecule has 0 atom stereocenters. The van der Waals surface area contributed by atoms with E-state index in [1.165, 1.54) is 0 Å². The molecule has 2 aromatic rings. The zero-order valence-electron chi connectivity index (χ0n) is 12.3. The third-order valence-corrected chi connectivity index (χ3v) is 4.41. The summed E-state index contributed by atoms with van der Waals surface area (Å²) in [6.45, 7) is 4.04. The highest BCUT2D eigenvalue weighted by Gasteiger charge is 2.16. The topological polar surface area (TPSA) is 29.1 Å². The molecule has 2 rings (SSSR count). The summed E-state index contributed by atoms with van der Waals surface area (Å²) in [5.41, 5.74) is 3.07. The molecule has 0 aromatic heterocycles. The second kappa shape index (κ2) is 7.36. The van der Waals surface area contributed by atoms with Gasteiger partial charge in [0.1, 0.15) is 0 Å². The molecule has 0 aliphatic heterocycles. The van der Waals surface area contributed by atoms with Crippen molar-refractivity contribution in [2.45, 2.75) is 26.7 Å². The molecule has 0 unspecified atom stereocenters. The van der Waals surface area contributed by atoms with Gasteiger partial charge in [0.15, 0.2) is 0 Å². The summed E-state index contributed by atoms with van der Waals surface area (Å²) in [5, 5.41) is 4.41. The molecule has 0 radical (unpaired) electrons. The van der Waals surface area contributed by atoms with Gasteiger partial charge in [0.05, 0.1) is 10.6 Å². The number of hydrogen-bond acceptors (Lipinski definition) is 1. The van der Waals surface area contributed by atoms with Crippen molar-refractivity contribution in [3.8, 4) is 0 Å². The van der Waals surface area contributed by atoms with Crippen LogP contribution in [0.25, 0.3) is 0 Å². The van der Waals surface area contributed by atoms with Crippen LogP contribution in [0.1, 0.15) is 35.3 Å². The predicted molar refractivity (Wildman–Crippen MR) is 94.6 cm³/mol. The number of anilines is 1. The Balaban J connectivity index is 2.44. The van der Waals surface area contributed by atoms with Crippen molar-refractivity contribution in [3.63, 3.8) is 0 Å². The number of carbonyl (C=O) groups is 1. The first-order valence-corrected chi connectivity index (χ1v) is 8.18. The zero-order chi connectivity index (χ0) is 16.3. The molecule has 116 valence electrons. The third kappa shape index (κ3) is 3.57. The number of amides is 1. The number of nitrogens with one attached hydrogen (secondary N) is 1. The van der Waals surface area contributed by atoms with E-state index in [0.29, 0.717) is 20.6 Å². The lowest BCUT2D eigenvalue weighted by molar-refractivity contribution is 0.102. The van der Waals surface area contributed by atoms with Gasteiger partial charge in [-0.05, 0) is 48.2 Å². The van der Waals surface area contributed by atoms with E-state index >= 15 is 0 Å². The van der Waals surface area contributed by atoms with Crippen LogP contribution in [-0.2, 0) is 12.8 Å². The van der Waals surface area contributed by atoms with Gasteiger partial charge in [-0.25, -0.2) is 0 Å². The Kier molecular flexibility index (Phi) is 5.74. The van der Waals surface area contributed by atoms with Crippen molar-refractivity contribution in [2.24, 2.45) is 0 Å². The molecule has 1 amide bonds. The fraction of sp³-hybridized carbons (Fsp3) is 0.235. The van der Waals surface area contributed by atoms with E-state index in [9.17, 15) is 4.79 Å². The largest absolute Gasteiger partial charge is 0.321 e. The van der Waals surface area contributed by atoms with Crippen LogP contribution < -0.4 is 5.32 Å². The quantitative estimate of drug-likeness (QED) is 0.712. The fourth-order valence-electron chi connectivity index (χ4n) is 2.32. The van der Waals surface area contributed by atoms with Gasteiger partial charge in [-0.15, -0.1) is 0 Å². The van der Waals surface area contributed by atoms with Gasteiger partial charge in [0, 0.05) is 15.7 Å². The summed E-state index contributed by atoms with van der Waals surface area (Å²) >= 11 is 18.3. The van der Waals surface area contributed by atoms with Crippen LogP contribution in [0.5, 0.6) is 0 Å². The summed E-state index contributed by atoms with van der Waals surface area (Å²) in [6.07, 6.45) is 1.52. The molecule has 5 heteroatoms. The Morgan fingerprint density at radius 3 is 2.32 bits per heavy atom. The van der Waals surface area contributed by atoms with E-state index < -0.39 is 0 Å². The molecule has 0 spiro atoms. The molecule has 22 heavy (non-hydrogen) atoms. The minimum Gasteiger partial charge on any atom is -0.321 e. The van der Waals surface area contributed by atoms with Gasteiger partial charge < -0.3 is 5.32 Å². The van der Waals surface area contributed by atoms with E-state index in [1.807, 2.05) is 26.0 Å². The molecular weight excluding hydrogens is 341 g/mol. The molecule has 0 saturated carbocycles. The lowest BCUT2D eigenvalue weighted by atomic mass is 10.0. The Bertz CT molecular complexity index is 713. The molecular formula is C17H16Cl3NO. The molecule has 0 bridgehead atoms. The van der Waals surface area contributed by atoms with Crippen LogP contribution in [0.2, 0.25) is 15.1 Å². The molecule has 0 aliphatic carbocycles. The Morgan fingerprint density at radius 2 is 1.68 bits per heavy atom. The van der Waals surface area contributed by atoms with E-state index in [2.05, 4.69) is 5.32 Å². The third-order valence-electron chi connectivity index (χ3n) is 3.49. The number of aryl methyl sites for hydroxylation is 1. The number of carbonyl (C=O) groups excluding carboxylic acids is 1. The van der Waals surface area contributed by atoms with Crippen LogP contribution in [0.3, 0.4) is 0 Å². The summed E-state index contributed by atoms with van der Waals surface area (Å²) < 4.78 is 0. The first-order chi connectivity index (χ1) is 10.5. The lowest BCUT2D eigenvalue weighted by Crippen LogP contribution is -2.15. The normalized spacial score (nSPS) is 10.6. The Morgan fingerprint density at radius 1 is 1.00 bits per heavy atom. The SMILES string of the molecule is CCc1ccc(Cl)c(CC)c1NC(=O)c1cc(Cl)ccc1Cl. The Hall–Kier alpha value is -1.22. The number of hydrogen-bond donors (Lipinski definition) is 1. The maximum absolute atomic E-state index is 12.5. The second-order valence-corrected chi connectivity index (χ2v) is 6.10. The lowest BCUT2D eigenvalue weighted by Gasteiger charge is -2.16. The Labute approximate surface area is 145 Å². The highest BCUT2D eigenvalue weighted by atomic mass is 35.5. The van der Waals surface area contributed by atoms with Crippen molar-refractivity contribution in [1.29, 1.82) is 0 Å². The van der Waals surface area contributed by atoms with Crippen LogP contribution in [0.15, 0.2) is 30.3 Å². The number of rotatable bonds is 4. The van der Waals surface area contributed by atoms with Gasteiger partial charge in [-0.2, -0.15) is 0 Å². The number of benzene rings is 2. The van der Waals surface area contributed by atoms with Gasteiger partial charge in [-0.3, -0.25) is 4.79 Å². The average molecular weight is 357 g/mol. The standard InChI is InChI=1S/C17H16Cl3NO/c1-3-10-5-7-14(19)12(4-2)16(10)21-17(22)13-9-11(18)6-8-15(13)20/h5-9H,3-4H2,1-2H3,(H,21,22). The molecule has 0 aliphatic rings. The first-order valence-electron chi connectivity index (χ1n) is 7.04. The van der Waals surface area contributed by atoms with Crippen LogP contribution in [0, 0.1) is 0 Å². The highest BCUT2D eigenvalue weighted by Crippen LogP contribution is 2.30. The smallest absolute Gasteiger partial charge is 0.257 e. The van der Waals surface area contributed by atoms with E-state index in [0.717, 1.165) is 29.7 Å². The molecule has 2 nitrogen and oxygen atoms in total. The molecule has 0 fully saturated rings. The van der Waals surface area contributed by atoms with Crippen molar-refractivity contribution >= 4 is 46.4 Å². The maximum atomic E-state index is 12.5. The van der Waals surface area contributed by atoms with Crippen molar-refractivity contribution in [1.82, 2.24) is 0 Å². The minimum absolute atomic E-state index is 0.292. The highest BCUT2D eigenvalue weighted by molar-refractivity contribution is 6.36. The van der Waals surface area contributed by atoms with Crippen LogP contribution >= 0.6 is 34.8 Å². The van der Waals surface area contributed by atoms with Gasteiger partial charge in [0.25, 0.3) is 5.91 Å². The molecule has 0 heterocycles. The van der Waals surface area contributed by atoms with E-state index in [4.69, 9.17) is 34.8 Å². The fourth-order valence-corrected chi connectivity index (χ4v) is 2.99. The molecule has 2 aromatic carbocycles. The van der Waals surface area contributed by atoms with Crippen LogP contribution in [-0.4, -0.2) is 5.91 Å². The minimum atomic E-state index is -0.292. The summed E-state index contributed by atoms with van der Waals surface area (Å²) in [4.78, 5) is 12.5. The monoisotopic (exact) mass is 355 g/mol. The second-order valence-electron chi connectivity index (χ2n) is 4.85. The molecule has 0 saturated heterocycles. The summed E-state index contributed by atoms with van der Waals surface area (Å²) in [6, 6.07) is 8.60. The van der Waals surface area contributed by atoms with Crippen molar-refractivity contribution in [2.75, 3.05) is 5.32 Å². The van der Waals surface area contributed by atoms with Crippen molar-refractivity contribution in [3.05, 3.63) is 62.1 Å². The summed E-state index contributed by atoms with van der Waals surface area (Å²) in [7, 11) is 0. The van der Waals surface area contributed by atoms with E-state index in [-0.39, 0.29) is 5.91 Å².